The molecule has 0 bridgehead atoms. The van der Waals surface area contributed by atoms with Crippen LogP contribution in [0.3, 0.4) is 0 Å². The number of phenolic OH excluding ortho intramolecular Hbond substituents is 1. The number of hydrogen-bond acceptors (Lipinski definition) is 5. The van der Waals surface area contributed by atoms with Crippen LogP contribution in [0, 0.1) is 6.92 Å². The van der Waals surface area contributed by atoms with E-state index in [1.54, 1.807) is 12.1 Å². The van der Waals surface area contributed by atoms with Crippen molar-refractivity contribution in [2.24, 2.45) is 0 Å². The van der Waals surface area contributed by atoms with Crippen LogP contribution in [-0.2, 0) is 0 Å². The summed E-state index contributed by atoms with van der Waals surface area (Å²) in [6, 6.07) is 15.1. The molecular weight excluding hydrogens is 312 g/mol. The molecule has 0 aliphatic carbocycles. The average Bonchev–Trinajstić information content (AvgIpc) is 2.62. The molecule has 2 heterocycles. The summed E-state index contributed by atoms with van der Waals surface area (Å²) in [7, 11) is 0. The van der Waals surface area contributed by atoms with E-state index in [-0.39, 0.29) is 5.75 Å². The quantitative estimate of drug-likeness (QED) is 0.582. The number of pyridine rings is 1. The van der Waals surface area contributed by atoms with Gasteiger partial charge in [0.05, 0.1) is 11.2 Å². The Labute approximate surface area is 144 Å². The summed E-state index contributed by atoms with van der Waals surface area (Å²) < 4.78 is 0. The van der Waals surface area contributed by atoms with Gasteiger partial charge in [0.2, 0.25) is 0 Å². The van der Waals surface area contributed by atoms with Gasteiger partial charge in [-0.3, -0.25) is 4.98 Å². The molecule has 0 radical (unpaired) electrons. The van der Waals surface area contributed by atoms with Gasteiger partial charge in [-0.2, -0.15) is 0 Å². The van der Waals surface area contributed by atoms with Crippen LogP contribution in [0.15, 0.2) is 61.1 Å². The molecular formula is C20H16N4O. The first-order chi connectivity index (χ1) is 12.1. The highest BCUT2D eigenvalue weighted by Crippen LogP contribution is 2.34. The van der Waals surface area contributed by atoms with E-state index in [2.05, 4.69) is 21.0 Å². The topological polar surface area (TPSA) is 84.9 Å². The molecule has 2 aromatic carbocycles. The van der Waals surface area contributed by atoms with Crippen LogP contribution in [0.4, 0.5) is 5.82 Å². The van der Waals surface area contributed by atoms with E-state index in [1.807, 2.05) is 43.5 Å². The summed E-state index contributed by atoms with van der Waals surface area (Å²) in [5.74, 6) is 0.661. The Bertz CT molecular complexity index is 1090. The van der Waals surface area contributed by atoms with Crippen LogP contribution in [0.1, 0.15) is 5.56 Å². The second-order valence-electron chi connectivity index (χ2n) is 5.95. The predicted molar refractivity (Wildman–Crippen MR) is 99.0 cm³/mol. The maximum Gasteiger partial charge on any atom is 0.134 e. The standard InChI is InChI=1S/C20H16N4O/c1-12-7-16(19(22-10-12)14-3-2-4-15(25)8-14)13-5-6-18-17(9-13)20(21)24-11-23-18/h2-11,25H,1H3,(H2,21,23,24). The van der Waals surface area contributed by atoms with E-state index in [4.69, 9.17) is 5.73 Å². The lowest BCUT2D eigenvalue weighted by Gasteiger charge is -2.12. The van der Waals surface area contributed by atoms with Gasteiger partial charge in [-0.05, 0) is 48.4 Å². The minimum atomic E-state index is 0.210. The van der Waals surface area contributed by atoms with E-state index < -0.39 is 0 Å². The first-order valence-corrected chi connectivity index (χ1v) is 7.88. The zero-order chi connectivity index (χ0) is 17.4. The monoisotopic (exact) mass is 328 g/mol. The van der Waals surface area contributed by atoms with Crippen molar-refractivity contribution in [1.82, 2.24) is 15.0 Å². The predicted octanol–water partition coefficient (Wildman–Crippen LogP) is 3.96. The molecule has 0 atom stereocenters. The van der Waals surface area contributed by atoms with E-state index in [9.17, 15) is 5.11 Å². The van der Waals surface area contributed by atoms with Gasteiger partial charge in [0.25, 0.3) is 0 Å². The molecule has 3 N–H and O–H groups in total. The fourth-order valence-corrected chi connectivity index (χ4v) is 2.92. The Morgan fingerprint density at radius 3 is 2.64 bits per heavy atom. The molecule has 0 aliphatic rings. The lowest BCUT2D eigenvalue weighted by Crippen LogP contribution is -1.95. The molecule has 4 aromatic rings. The molecule has 0 amide bonds. The number of anilines is 1. The van der Waals surface area contributed by atoms with Crippen molar-refractivity contribution >= 4 is 16.7 Å². The van der Waals surface area contributed by atoms with Gasteiger partial charge >= 0.3 is 0 Å². The van der Waals surface area contributed by atoms with Crippen molar-refractivity contribution in [3.8, 4) is 28.1 Å². The van der Waals surface area contributed by atoms with Crippen LogP contribution in [0.25, 0.3) is 33.3 Å². The van der Waals surface area contributed by atoms with Crippen LogP contribution in [-0.4, -0.2) is 20.1 Å². The maximum absolute atomic E-state index is 9.81. The summed E-state index contributed by atoms with van der Waals surface area (Å²) >= 11 is 0. The molecule has 5 heteroatoms. The van der Waals surface area contributed by atoms with Gasteiger partial charge in [0.1, 0.15) is 17.9 Å². The van der Waals surface area contributed by atoms with Crippen LogP contribution in [0.5, 0.6) is 5.75 Å². The lowest BCUT2D eigenvalue weighted by atomic mass is 9.97. The molecule has 25 heavy (non-hydrogen) atoms. The van der Waals surface area contributed by atoms with Crippen LogP contribution >= 0.6 is 0 Å². The molecule has 0 saturated carbocycles. The number of nitrogen functional groups attached to an aromatic ring is 1. The number of hydrogen-bond donors (Lipinski definition) is 2. The molecule has 0 unspecified atom stereocenters. The Morgan fingerprint density at radius 1 is 0.920 bits per heavy atom. The van der Waals surface area contributed by atoms with Gasteiger partial charge in [-0.15, -0.1) is 0 Å². The molecule has 5 nitrogen and oxygen atoms in total. The van der Waals surface area contributed by atoms with E-state index >= 15 is 0 Å². The Kier molecular flexibility index (Phi) is 3.54. The summed E-state index contributed by atoms with van der Waals surface area (Å²) in [5.41, 5.74) is 11.5. The molecule has 0 fully saturated rings. The number of aryl methyl sites for hydroxylation is 1. The highest BCUT2D eigenvalue weighted by Gasteiger charge is 2.12. The third kappa shape index (κ3) is 2.76. The number of aromatic nitrogens is 3. The Morgan fingerprint density at radius 2 is 1.80 bits per heavy atom. The maximum atomic E-state index is 9.81. The van der Waals surface area contributed by atoms with E-state index in [0.717, 1.165) is 38.9 Å². The Hall–Kier alpha value is -3.47. The molecule has 0 spiro atoms. The highest BCUT2D eigenvalue weighted by molar-refractivity contribution is 5.93. The number of rotatable bonds is 2. The second kappa shape index (κ2) is 5.87. The average molecular weight is 328 g/mol. The third-order valence-corrected chi connectivity index (χ3v) is 4.12. The normalized spacial score (nSPS) is 10.9. The smallest absolute Gasteiger partial charge is 0.134 e. The number of fused-ring (bicyclic) bond motifs is 1. The number of phenols is 1. The molecule has 0 aliphatic heterocycles. The van der Waals surface area contributed by atoms with Crippen molar-refractivity contribution in [3.05, 3.63) is 66.6 Å². The largest absolute Gasteiger partial charge is 0.508 e. The second-order valence-corrected chi connectivity index (χ2v) is 5.95. The van der Waals surface area contributed by atoms with Gasteiger partial charge in [-0.25, -0.2) is 9.97 Å². The summed E-state index contributed by atoms with van der Waals surface area (Å²) in [4.78, 5) is 12.9. The highest BCUT2D eigenvalue weighted by atomic mass is 16.3. The molecule has 122 valence electrons. The number of nitrogens with two attached hydrogens (primary N) is 1. The van der Waals surface area contributed by atoms with Crippen LogP contribution < -0.4 is 5.73 Å². The zero-order valence-electron chi connectivity index (χ0n) is 13.6. The van der Waals surface area contributed by atoms with Crippen molar-refractivity contribution < 1.29 is 5.11 Å². The number of aromatic hydroxyl groups is 1. The summed E-state index contributed by atoms with van der Waals surface area (Å²) in [6.07, 6.45) is 3.28. The van der Waals surface area contributed by atoms with Gasteiger partial charge in [0, 0.05) is 22.7 Å². The lowest BCUT2D eigenvalue weighted by molar-refractivity contribution is 0.475. The third-order valence-electron chi connectivity index (χ3n) is 4.12. The SMILES string of the molecule is Cc1cnc(-c2cccc(O)c2)c(-c2ccc3ncnc(N)c3c2)c1. The molecule has 4 rings (SSSR count). The first kappa shape index (κ1) is 15.1. The minimum Gasteiger partial charge on any atom is -0.508 e. The first-order valence-electron chi connectivity index (χ1n) is 7.88. The van der Waals surface area contributed by atoms with Crippen LogP contribution in [0.2, 0.25) is 0 Å². The van der Waals surface area contributed by atoms with E-state index in [1.165, 1.54) is 6.33 Å². The van der Waals surface area contributed by atoms with Gasteiger partial charge in [-0.1, -0.05) is 18.2 Å². The molecule has 2 aromatic heterocycles. The summed E-state index contributed by atoms with van der Waals surface area (Å²) in [6.45, 7) is 2.00. The molecule has 0 saturated heterocycles. The van der Waals surface area contributed by atoms with Crippen molar-refractivity contribution in [1.29, 1.82) is 0 Å². The van der Waals surface area contributed by atoms with Crippen molar-refractivity contribution in [2.75, 3.05) is 5.73 Å². The van der Waals surface area contributed by atoms with Crippen molar-refractivity contribution in [3.63, 3.8) is 0 Å². The minimum absolute atomic E-state index is 0.210. The van der Waals surface area contributed by atoms with Gasteiger partial charge < -0.3 is 10.8 Å². The fourth-order valence-electron chi connectivity index (χ4n) is 2.92. The van der Waals surface area contributed by atoms with Gasteiger partial charge in [0.15, 0.2) is 0 Å². The van der Waals surface area contributed by atoms with Crippen molar-refractivity contribution in [2.45, 2.75) is 6.92 Å². The Balaban J connectivity index is 1.96. The summed E-state index contributed by atoms with van der Waals surface area (Å²) in [5, 5.41) is 10.6. The zero-order valence-corrected chi connectivity index (χ0v) is 13.6. The number of benzene rings is 2. The number of nitrogens with zero attached hydrogens (tertiary/aromatic N) is 3. The van der Waals surface area contributed by atoms with E-state index in [0.29, 0.717) is 5.82 Å². The fraction of sp³-hybridized carbons (Fsp3) is 0.0500.